The fourth-order valence-electron chi connectivity index (χ4n) is 6.52. The molecule has 0 amide bonds. The van der Waals surface area contributed by atoms with E-state index in [2.05, 4.69) is 0 Å². The number of aromatic nitrogens is 3. The van der Waals surface area contributed by atoms with Gasteiger partial charge in [-0.15, -0.1) is 0 Å². The lowest BCUT2D eigenvalue weighted by Crippen LogP contribution is -1.98. The summed E-state index contributed by atoms with van der Waals surface area (Å²) in [4.78, 5) is 0. The van der Waals surface area contributed by atoms with Crippen molar-refractivity contribution in [3.8, 4) is 28.2 Å². The smallest absolute Gasteiger partial charge is 0.0667 e. The van der Waals surface area contributed by atoms with Crippen LogP contribution in [-0.2, 0) is 0 Å². The summed E-state index contributed by atoms with van der Waals surface area (Å²) in [7, 11) is 0. The molecule has 3 heteroatoms. The van der Waals surface area contributed by atoms with Crippen LogP contribution in [0.5, 0.6) is 0 Å². The quantitative estimate of drug-likeness (QED) is 0.176. The molecule has 11 aromatic rings. The van der Waals surface area contributed by atoms with Crippen molar-refractivity contribution in [2.24, 2.45) is 0 Å². The van der Waals surface area contributed by atoms with Crippen LogP contribution in [0.3, 0.4) is 0 Å². The fraction of sp³-hybridized carbons (Fsp3) is 0. The van der Waals surface area contributed by atoms with Gasteiger partial charge in [-0.3, -0.25) is 0 Å². The van der Waals surface area contributed by atoms with Crippen LogP contribution in [0.25, 0.3) is 93.6 Å². The fourth-order valence-corrected chi connectivity index (χ4v) is 6.52. The molecular weight excluding hydrogens is 619 g/mol. The van der Waals surface area contributed by atoms with E-state index >= 15 is 0 Å². The Kier molecular flexibility index (Phi) is 2.53. The van der Waals surface area contributed by atoms with Crippen molar-refractivity contribution < 1.29 is 39.8 Å². The van der Waals surface area contributed by atoms with Gasteiger partial charge in [0, 0.05) is 43.7 Å². The topological polar surface area (TPSA) is 14.8 Å². The van der Waals surface area contributed by atoms with E-state index in [9.17, 15) is 15.1 Å². The maximum Gasteiger partial charge on any atom is 0.0667 e. The highest BCUT2D eigenvalue weighted by atomic mass is 15.0. The standard InChI is InChI=1S/C48H31N3/c1-2-14-32(15-3-1)33-16-12-17-34(30-33)50-44-25-11-7-21-40(44)48-45(50)26-13-27-46(48)51-43-24-10-6-20-38(43)39-29-28-35(31-47(39)51)49-41-22-8-4-18-36(41)37-19-5-9-23-42(37)49/h1-31H/i1D,2D,3D,4D,5D,6D,7D,8D,9D,10D,11D,12D,13D,14D,15D,16D,17D,18D,19D,20D,21D,22D,24D,25D,26D,27D,29D,30D,31D. The number of rotatable bonds is 4. The Balaban J connectivity index is 1.44. The second-order valence-electron chi connectivity index (χ2n) is 11.2. The van der Waals surface area contributed by atoms with Crippen LogP contribution in [0, 0.1) is 0 Å². The van der Waals surface area contributed by atoms with Gasteiger partial charge in [-0.25, -0.2) is 0 Å². The summed E-state index contributed by atoms with van der Waals surface area (Å²) in [6, 6.07) is -23.5. The molecule has 3 nitrogen and oxygen atoms in total. The van der Waals surface area contributed by atoms with Gasteiger partial charge in [0.2, 0.25) is 0 Å². The second-order valence-corrected chi connectivity index (χ2v) is 11.2. The number of benzene rings is 8. The zero-order valence-corrected chi connectivity index (χ0v) is 25.5. The number of hydrogen-bond donors (Lipinski definition) is 0. The van der Waals surface area contributed by atoms with Gasteiger partial charge in [-0.1, -0.05) is 127 Å². The predicted molar refractivity (Wildman–Crippen MR) is 215 cm³/mol. The molecule has 0 aliphatic rings. The molecule has 0 aliphatic heterocycles. The van der Waals surface area contributed by atoms with Crippen LogP contribution in [-0.4, -0.2) is 13.7 Å². The van der Waals surface area contributed by atoms with Crippen molar-refractivity contribution in [2.45, 2.75) is 0 Å². The second kappa shape index (κ2) is 10.8. The van der Waals surface area contributed by atoms with Gasteiger partial charge in [-0.05, 0) is 71.6 Å². The highest BCUT2D eigenvalue weighted by Crippen LogP contribution is 2.41. The van der Waals surface area contributed by atoms with Crippen LogP contribution in [0.2, 0.25) is 0 Å². The van der Waals surface area contributed by atoms with Crippen molar-refractivity contribution in [1.82, 2.24) is 13.7 Å². The zero-order valence-electron chi connectivity index (χ0n) is 54.5. The molecule has 8 aromatic carbocycles. The summed E-state index contributed by atoms with van der Waals surface area (Å²) >= 11 is 0. The summed E-state index contributed by atoms with van der Waals surface area (Å²) in [5.41, 5.74) is -7.14. The number of fused-ring (bicyclic) bond motifs is 9. The first-order valence-corrected chi connectivity index (χ1v) is 15.2. The first kappa shape index (κ1) is 11.9. The minimum Gasteiger partial charge on any atom is -0.309 e. The molecule has 0 saturated carbocycles. The molecule has 0 atom stereocenters. The third kappa shape index (κ3) is 4.06. The van der Waals surface area contributed by atoms with Gasteiger partial charge >= 0.3 is 0 Å². The van der Waals surface area contributed by atoms with Crippen LogP contribution in [0.15, 0.2) is 187 Å². The minimum absolute atomic E-state index is 0.236. The molecule has 51 heavy (non-hydrogen) atoms. The number of nitrogens with zero attached hydrogens (tertiary/aromatic N) is 3. The molecule has 0 aliphatic carbocycles. The van der Waals surface area contributed by atoms with E-state index in [1.165, 1.54) is 0 Å². The van der Waals surface area contributed by atoms with Crippen LogP contribution in [0.4, 0.5) is 0 Å². The van der Waals surface area contributed by atoms with Crippen molar-refractivity contribution in [1.29, 1.82) is 0 Å². The first-order chi connectivity index (χ1) is 37.4. The SMILES string of the molecule is [2H]c1cc2c(c([2H])c1[2H])c1c([2H])c([2H])c([2H])c([2H])c1n2-c1cc([2H])c2c3c([2H])c([2H])c([2H])c([2H])c3n(-c3c([2H])c([2H])c([2H])c4c3c3c([2H])c([2H])c([2H])c([2H])c3n4-c3c([2H])c([2H])c([2H])c(-c4c([2H])c([2H])c([2H])c([2H])c4[2H])c3[2H])c2c1[2H]. The lowest BCUT2D eigenvalue weighted by Gasteiger charge is -2.13. The maximum atomic E-state index is 10.2. The molecule has 0 unspecified atom stereocenters. The molecule has 238 valence electrons. The molecule has 0 spiro atoms. The summed E-state index contributed by atoms with van der Waals surface area (Å²) in [5.74, 6) is 0. The van der Waals surface area contributed by atoms with Crippen molar-refractivity contribution >= 4 is 65.4 Å². The summed E-state index contributed by atoms with van der Waals surface area (Å²) in [6.45, 7) is 0. The van der Waals surface area contributed by atoms with Crippen molar-refractivity contribution in [3.05, 3.63) is 187 Å². The molecule has 11 rings (SSSR count). The lowest BCUT2D eigenvalue weighted by molar-refractivity contribution is 1.16. The minimum atomic E-state index is -1.07. The average molecular weight is 679 g/mol. The largest absolute Gasteiger partial charge is 0.309 e. The third-order valence-corrected chi connectivity index (χ3v) is 8.56. The van der Waals surface area contributed by atoms with Gasteiger partial charge < -0.3 is 13.7 Å². The van der Waals surface area contributed by atoms with Crippen LogP contribution < -0.4 is 0 Å². The van der Waals surface area contributed by atoms with E-state index in [4.69, 9.17) is 24.7 Å². The van der Waals surface area contributed by atoms with Crippen molar-refractivity contribution in [2.75, 3.05) is 0 Å². The molecule has 0 bridgehead atoms. The molecule has 0 radical (unpaired) electrons. The van der Waals surface area contributed by atoms with E-state index in [1.54, 1.807) is 0 Å². The van der Waals surface area contributed by atoms with E-state index in [0.29, 0.717) is 4.57 Å². The molecule has 0 saturated heterocycles. The van der Waals surface area contributed by atoms with Crippen LogP contribution in [0.1, 0.15) is 39.8 Å². The Morgan fingerprint density at radius 2 is 0.863 bits per heavy atom. The van der Waals surface area contributed by atoms with E-state index in [0.717, 1.165) is 21.3 Å². The normalized spacial score (nSPS) is 19.9. The molecule has 3 heterocycles. The zero-order chi connectivity index (χ0) is 58.7. The van der Waals surface area contributed by atoms with Crippen molar-refractivity contribution in [3.63, 3.8) is 0 Å². The lowest BCUT2D eigenvalue weighted by atomic mass is 10.1. The highest BCUT2D eigenvalue weighted by molar-refractivity contribution is 6.17. The molecule has 0 fully saturated rings. The maximum absolute atomic E-state index is 10.2. The number of para-hydroxylation sites is 4. The average Bonchev–Trinajstić information content (AvgIpc) is 3.82. The summed E-state index contributed by atoms with van der Waals surface area (Å²) < 4.78 is 265. The Hall–Kier alpha value is -6.84. The Morgan fingerprint density at radius 1 is 0.314 bits per heavy atom. The number of hydrogen-bond acceptors (Lipinski definition) is 0. The molecule has 3 aromatic heterocycles. The van der Waals surface area contributed by atoms with E-state index < -0.39 is 253 Å². The van der Waals surface area contributed by atoms with Gasteiger partial charge in [0.25, 0.3) is 0 Å². The monoisotopic (exact) mass is 678 g/mol. The Morgan fingerprint density at radius 3 is 1.65 bits per heavy atom. The van der Waals surface area contributed by atoms with E-state index in [1.807, 2.05) is 0 Å². The molecular formula is C48H31N3. The molecule has 0 N–H and O–H groups in total. The Labute approximate surface area is 335 Å². The predicted octanol–water partition coefficient (Wildman–Crippen LogP) is 12.6. The third-order valence-electron chi connectivity index (χ3n) is 8.56. The van der Waals surface area contributed by atoms with Crippen LogP contribution >= 0.6 is 0 Å². The Bertz CT molecular complexity index is 4790. The highest BCUT2D eigenvalue weighted by Gasteiger charge is 2.21. The van der Waals surface area contributed by atoms with Gasteiger partial charge in [-0.2, -0.15) is 0 Å². The first-order valence-electron chi connectivity index (χ1n) is 29.7. The summed E-state index contributed by atoms with van der Waals surface area (Å²) in [6.07, 6.45) is 0. The van der Waals surface area contributed by atoms with Gasteiger partial charge in [0.1, 0.15) is 0 Å². The van der Waals surface area contributed by atoms with Gasteiger partial charge in [0.05, 0.1) is 78.5 Å². The summed E-state index contributed by atoms with van der Waals surface area (Å²) in [5, 5.41) is -2.86. The van der Waals surface area contributed by atoms with E-state index in [-0.39, 0.29) is 16.3 Å². The van der Waals surface area contributed by atoms with Gasteiger partial charge in [0.15, 0.2) is 0 Å².